The molecule has 0 N–H and O–H groups in total. The van der Waals surface area contributed by atoms with Gasteiger partial charge in [0.1, 0.15) is 11.6 Å². The molecule has 0 unspecified atom stereocenters. The Bertz CT molecular complexity index is 305. The molecule has 0 amide bonds. The van der Waals surface area contributed by atoms with Crippen LogP contribution >= 0.6 is 0 Å². The Morgan fingerprint density at radius 1 is 1.46 bits per heavy atom. The molecule has 1 aromatic carbocycles. The van der Waals surface area contributed by atoms with E-state index in [1.54, 1.807) is 12.1 Å². The molecule has 0 aromatic heterocycles. The van der Waals surface area contributed by atoms with E-state index in [2.05, 4.69) is 6.92 Å². The first-order chi connectivity index (χ1) is 6.25. The molecule has 1 fully saturated rings. The molecule has 0 atom stereocenters. The molecule has 1 nitrogen and oxygen atoms in total. The second kappa shape index (κ2) is 3.36. The first-order valence-corrected chi connectivity index (χ1v) is 4.50. The molecule has 0 spiro atoms. The van der Waals surface area contributed by atoms with E-state index in [0.717, 1.165) is 18.3 Å². The molecule has 0 saturated heterocycles. The maximum Gasteiger partial charge on any atom is 0.126 e. The van der Waals surface area contributed by atoms with Crippen molar-refractivity contribution in [3.05, 3.63) is 36.5 Å². The number of rotatable bonds is 3. The van der Waals surface area contributed by atoms with E-state index in [1.807, 2.05) is 0 Å². The largest absolute Gasteiger partial charge is 0.493 e. The molecule has 0 bridgehead atoms. The minimum atomic E-state index is -0.279. The molecule has 0 aliphatic heterocycles. The minimum Gasteiger partial charge on any atom is -0.493 e. The quantitative estimate of drug-likeness (QED) is 0.693. The Balaban J connectivity index is 1.98. The summed E-state index contributed by atoms with van der Waals surface area (Å²) in [5.74, 6) is 1.16. The summed E-state index contributed by atoms with van der Waals surface area (Å²) in [6.07, 6.45) is 2.52. The van der Waals surface area contributed by atoms with Crippen LogP contribution in [-0.4, -0.2) is 6.61 Å². The van der Waals surface area contributed by atoms with Crippen LogP contribution in [0.5, 0.6) is 5.75 Å². The van der Waals surface area contributed by atoms with E-state index in [1.165, 1.54) is 18.9 Å². The molecule has 1 saturated carbocycles. The van der Waals surface area contributed by atoms with Crippen molar-refractivity contribution < 1.29 is 9.13 Å². The van der Waals surface area contributed by atoms with Crippen LogP contribution in [0.25, 0.3) is 0 Å². The van der Waals surface area contributed by atoms with Gasteiger partial charge in [0, 0.05) is 0 Å². The first kappa shape index (κ1) is 8.54. The van der Waals surface area contributed by atoms with E-state index in [-0.39, 0.29) is 5.82 Å². The fourth-order valence-corrected chi connectivity index (χ4v) is 1.14. The highest BCUT2D eigenvalue weighted by Gasteiger charge is 2.21. The molecular formula is C11H12FO. The van der Waals surface area contributed by atoms with Gasteiger partial charge < -0.3 is 4.74 Å². The Morgan fingerprint density at radius 2 is 2.23 bits per heavy atom. The van der Waals surface area contributed by atoms with Crippen molar-refractivity contribution in [2.45, 2.75) is 12.8 Å². The number of ether oxygens (including phenoxy) is 1. The molecule has 0 heterocycles. The lowest BCUT2D eigenvalue weighted by Gasteiger charge is -2.05. The molecule has 1 aliphatic carbocycles. The Morgan fingerprint density at radius 3 is 2.85 bits per heavy atom. The average molecular weight is 179 g/mol. The van der Waals surface area contributed by atoms with Gasteiger partial charge in [-0.1, -0.05) is 0 Å². The Hall–Kier alpha value is -1.05. The molecule has 13 heavy (non-hydrogen) atoms. The van der Waals surface area contributed by atoms with Gasteiger partial charge in [-0.25, -0.2) is 4.39 Å². The predicted octanol–water partition coefficient (Wildman–Crippen LogP) is 2.80. The molecule has 1 aromatic rings. The van der Waals surface area contributed by atoms with Crippen LogP contribution in [0.15, 0.2) is 18.2 Å². The van der Waals surface area contributed by atoms with Gasteiger partial charge in [-0.15, -0.1) is 0 Å². The van der Waals surface area contributed by atoms with Gasteiger partial charge in [0.2, 0.25) is 0 Å². The van der Waals surface area contributed by atoms with Crippen LogP contribution in [0.1, 0.15) is 18.4 Å². The second-order valence-corrected chi connectivity index (χ2v) is 3.51. The summed E-state index contributed by atoms with van der Waals surface area (Å²) in [6.45, 7) is 4.32. The van der Waals surface area contributed by atoms with Crippen LogP contribution < -0.4 is 4.74 Å². The van der Waals surface area contributed by atoms with Crippen molar-refractivity contribution in [3.63, 3.8) is 0 Å². The van der Waals surface area contributed by atoms with Crippen molar-refractivity contribution >= 4 is 0 Å². The van der Waals surface area contributed by atoms with Crippen molar-refractivity contribution in [1.29, 1.82) is 0 Å². The van der Waals surface area contributed by atoms with E-state index >= 15 is 0 Å². The Kier molecular flexibility index (Phi) is 2.21. The number of benzene rings is 1. The summed E-state index contributed by atoms with van der Waals surface area (Å²) in [5, 5.41) is 0. The van der Waals surface area contributed by atoms with Gasteiger partial charge >= 0.3 is 0 Å². The van der Waals surface area contributed by atoms with Crippen LogP contribution in [0, 0.1) is 18.7 Å². The summed E-state index contributed by atoms with van der Waals surface area (Å²) in [5.41, 5.74) is 0.397. The summed E-state index contributed by atoms with van der Waals surface area (Å²) < 4.78 is 18.3. The molecule has 1 radical (unpaired) electrons. The molecular weight excluding hydrogens is 167 g/mol. The standard InChI is InChI=1S/C11H12FO/c1-8-6-10(4-5-11(8)12)13-7-9-2-3-9/h4-6,9H,1-3,7H2. The van der Waals surface area contributed by atoms with Crippen molar-refractivity contribution in [3.8, 4) is 5.75 Å². The van der Waals surface area contributed by atoms with Crippen LogP contribution in [0.4, 0.5) is 4.39 Å². The maximum atomic E-state index is 12.8. The maximum absolute atomic E-state index is 12.8. The van der Waals surface area contributed by atoms with E-state index < -0.39 is 0 Å². The number of halogens is 1. The second-order valence-electron chi connectivity index (χ2n) is 3.51. The monoisotopic (exact) mass is 179 g/mol. The van der Waals surface area contributed by atoms with E-state index in [9.17, 15) is 4.39 Å². The third-order valence-corrected chi connectivity index (χ3v) is 2.20. The zero-order valence-corrected chi connectivity index (χ0v) is 7.42. The van der Waals surface area contributed by atoms with Gasteiger partial charge in [-0.3, -0.25) is 0 Å². The highest BCUT2D eigenvalue weighted by atomic mass is 19.1. The highest BCUT2D eigenvalue weighted by molar-refractivity contribution is 5.31. The molecule has 2 heteroatoms. The topological polar surface area (TPSA) is 9.23 Å². The minimum absolute atomic E-state index is 0.279. The highest BCUT2D eigenvalue weighted by Crippen LogP contribution is 2.29. The Labute approximate surface area is 77.5 Å². The lowest BCUT2D eigenvalue weighted by molar-refractivity contribution is 0.299. The third kappa shape index (κ3) is 2.20. The lowest BCUT2D eigenvalue weighted by Crippen LogP contribution is -1.99. The summed E-state index contributed by atoms with van der Waals surface area (Å²) >= 11 is 0. The van der Waals surface area contributed by atoms with E-state index in [4.69, 9.17) is 4.74 Å². The van der Waals surface area contributed by atoms with Gasteiger partial charge in [0.05, 0.1) is 6.61 Å². The zero-order chi connectivity index (χ0) is 9.26. The van der Waals surface area contributed by atoms with Crippen molar-refractivity contribution in [2.24, 2.45) is 5.92 Å². The predicted molar refractivity (Wildman–Crippen MR) is 49.1 cm³/mol. The fraction of sp³-hybridized carbons (Fsp3) is 0.364. The van der Waals surface area contributed by atoms with Gasteiger partial charge in [0.15, 0.2) is 0 Å². The van der Waals surface area contributed by atoms with Crippen LogP contribution in [-0.2, 0) is 0 Å². The fourth-order valence-electron chi connectivity index (χ4n) is 1.14. The SMILES string of the molecule is [CH2]c1cc(OCC2CC2)ccc1F. The zero-order valence-electron chi connectivity index (χ0n) is 7.42. The van der Waals surface area contributed by atoms with Gasteiger partial charge in [-0.05, 0) is 49.4 Å². The van der Waals surface area contributed by atoms with Crippen molar-refractivity contribution in [1.82, 2.24) is 0 Å². The first-order valence-electron chi connectivity index (χ1n) is 4.50. The normalized spacial score (nSPS) is 15.8. The molecule has 2 rings (SSSR count). The van der Waals surface area contributed by atoms with E-state index in [0.29, 0.717) is 5.56 Å². The summed E-state index contributed by atoms with van der Waals surface area (Å²) in [6, 6.07) is 4.68. The number of hydrogen-bond acceptors (Lipinski definition) is 1. The van der Waals surface area contributed by atoms with Crippen LogP contribution in [0.3, 0.4) is 0 Å². The molecule has 1 aliphatic rings. The molecule has 69 valence electrons. The number of hydrogen-bond donors (Lipinski definition) is 0. The third-order valence-electron chi connectivity index (χ3n) is 2.20. The lowest BCUT2D eigenvalue weighted by atomic mass is 10.2. The smallest absolute Gasteiger partial charge is 0.126 e. The summed E-state index contributed by atoms with van der Waals surface area (Å²) in [7, 11) is 0. The average Bonchev–Trinajstić information content (AvgIpc) is 2.91. The van der Waals surface area contributed by atoms with Gasteiger partial charge in [-0.2, -0.15) is 0 Å². The summed E-state index contributed by atoms with van der Waals surface area (Å²) in [4.78, 5) is 0. The van der Waals surface area contributed by atoms with Crippen LogP contribution in [0.2, 0.25) is 0 Å². The van der Waals surface area contributed by atoms with Gasteiger partial charge in [0.25, 0.3) is 0 Å². The van der Waals surface area contributed by atoms with Crippen molar-refractivity contribution in [2.75, 3.05) is 6.61 Å².